The Hall–Kier alpha value is -2.22. The van der Waals surface area contributed by atoms with E-state index in [9.17, 15) is 21.6 Å². The van der Waals surface area contributed by atoms with Gasteiger partial charge in [-0.2, -0.15) is 13.2 Å². The Morgan fingerprint density at radius 3 is 2.25 bits per heavy atom. The smallest absolute Gasteiger partial charge is 0.416 e. The van der Waals surface area contributed by atoms with Gasteiger partial charge in [-0.3, -0.25) is 4.72 Å². The number of nitrogens with one attached hydrogen (secondary N) is 1. The summed E-state index contributed by atoms with van der Waals surface area (Å²) in [7, 11) is -2.77. The van der Waals surface area contributed by atoms with Crippen LogP contribution in [0.4, 0.5) is 18.9 Å². The summed E-state index contributed by atoms with van der Waals surface area (Å²) in [4.78, 5) is -0.134. The highest BCUT2D eigenvalue weighted by Crippen LogP contribution is 2.32. The number of ether oxygens (including phenoxy) is 1. The van der Waals surface area contributed by atoms with Gasteiger partial charge in [0.25, 0.3) is 10.0 Å². The monoisotopic (exact) mass is 359 g/mol. The Balaban J connectivity index is 2.45. The lowest BCUT2D eigenvalue weighted by Crippen LogP contribution is -2.15. The van der Waals surface area contributed by atoms with E-state index in [1.165, 1.54) is 19.2 Å². The standard InChI is InChI=1S/C16H16F3NO3S/c1-10-7-14(23-3)15(8-11(10)2)24(21,22)20-13-6-4-5-12(9-13)16(17,18)19/h4-9,20H,1-3H3. The summed E-state index contributed by atoms with van der Waals surface area (Å²) >= 11 is 0. The molecule has 0 heterocycles. The number of methoxy groups -OCH3 is 1. The van der Waals surface area contributed by atoms with Gasteiger partial charge in [-0.15, -0.1) is 0 Å². The molecule has 0 saturated heterocycles. The third-order valence-electron chi connectivity index (χ3n) is 3.51. The van der Waals surface area contributed by atoms with Crippen molar-refractivity contribution in [2.45, 2.75) is 24.9 Å². The third kappa shape index (κ3) is 3.81. The summed E-state index contributed by atoms with van der Waals surface area (Å²) in [6, 6.07) is 6.98. The van der Waals surface area contributed by atoms with Crippen LogP contribution in [0.15, 0.2) is 41.3 Å². The van der Waals surface area contributed by atoms with Crippen LogP contribution in [0.1, 0.15) is 16.7 Å². The van der Waals surface area contributed by atoms with Crippen LogP contribution < -0.4 is 9.46 Å². The van der Waals surface area contributed by atoms with Crippen LogP contribution in [-0.2, 0) is 16.2 Å². The van der Waals surface area contributed by atoms with E-state index in [2.05, 4.69) is 4.72 Å². The molecule has 0 saturated carbocycles. The SMILES string of the molecule is COc1cc(C)c(C)cc1S(=O)(=O)Nc1cccc(C(F)(F)F)c1. The molecule has 0 bridgehead atoms. The summed E-state index contributed by atoms with van der Waals surface area (Å²) in [6.07, 6.45) is -4.56. The lowest BCUT2D eigenvalue weighted by Gasteiger charge is -2.15. The molecular weight excluding hydrogens is 343 g/mol. The molecule has 0 aliphatic carbocycles. The van der Waals surface area contributed by atoms with E-state index in [1.54, 1.807) is 19.9 Å². The minimum Gasteiger partial charge on any atom is -0.495 e. The first kappa shape index (κ1) is 18.1. The Labute approximate surface area is 138 Å². The van der Waals surface area contributed by atoms with E-state index >= 15 is 0 Å². The lowest BCUT2D eigenvalue weighted by molar-refractivity contribution is -0.137. The fourth-order valence-corrected chi connectivity index (χ4v) is 3.39. The Morgan fingerprint density at radius 2 is 1.67 bits per heavy atom. The molecule has 0 aliphatic heterocycles. The average Bonchev–Trinajstić information content (AvgIpc) is 2.48. The number of benzene rings is 2. The molecule has 0 spiro atoms. The zero-order valence-corrected chi connectivity index (χ0v) is 14.0. The fourth-order valence-electron chi connectivity index (χ4n) is 2.10. The number of alkyl halides is 3. The topological polar surface area (TPSA) is 55.4 Å². The molecule has 0 unspecified atom stereocenters. The van der Waals surface area contributed by atoms with Gasteiger partial charge in [0.1, 0.15) is 10.6 Å². The molecule has 1 N–H and O–H groups in total. The van der Waals surface area contributed by atoms with Gasteiger partial charge in [-0.05, 0) is 55.3 Å². The highest BCUT2D eigenvalue weighted by Gasteiger charge is 2.31. The summed E-state index contributed by atoms with van der Waals surface area (Å²) in [5.74, 6) is 0.123. The van der Waals surface area contributed by atoms with E-state index < -0.39 is 21.8 Å². The second-order valence-corrected chi connectivity index (χ2v) is 6.92. The van der Waals surface area contributed by atoms with Crippen molar-refractivity contribution in [2.75, 3.05) is 11.8 Å². The van der Waals surface area contributed by atoms with Crippen molar-refractivity contribution in [3.63, 3.8) is 0 Å². The molecule has 24 heavy (non-hydrogen) atoms. The number of anilines is 1. The largest absolute Gasteiger partial charge is 0.495 e. The van der Waals surface area contributed by atoms with Crippen LogP contribution in [0.5, 0.6) is 5.75 Å². The molecule has 0 fully saturated rings. The molecule has 0 atom stereocenters. The van der Waals surface area contributed by atoms with Gasteiger partial charge >= 0.3 is 6.18 Å². The number of halogens is 3. The summed E-state index contributed by atoms with van der Waals surface area (Å²) < 4.78 is 70.5. The second-order valence-electron chi connectivity index (χ2n) is 5.27. The maximum atomic E-state index is 12.7. The quantitative estimate of drug-likeness (QED) is 0.893. The van der Waals surface area contributed by atoms with E-state index in [4.69, 9.17) is 4.74 Å². The van der Waals surface area contributed by atoms with Crippen LogP contribution in [0.25, 0.3) is 0 Å². The van der Waals surface area contributed by atoms with Crippen molar-refractivity contribution < 1.29 is 26.3 Å². The number of aryl methyl sites for hydroxylation is 2. The van der Waals surface area contributed by atoms with Gasteiger partial charge in [0, 0.05) is 5.69 Å². The van der Waals surface area contributed by atoms with Crippen molar-refractivity contribution in [3.8, 4) is 5.75 Å². The maximum absolute atomic E-state index is 12.7. The lowest BCUT2D eigenvalue weighted by atomic mass is 10.1. The minimum atomic E-state index is -4.56. The van der Waals surface area contributed by atoms with Crippen LogP contribution in [-0.4, -0.2) is 15.5 Å². The second kappa shape index (κ2) is 6.35. The summed E-state index contributed by atoms with van der Waals surface area (Å²) in [5, 5.41) is 0. The highest BCUT2D eigenvalue weighted by molar-refractivity contribution is 7.92. The molecule has 2 aromatic carbocycles. The van der Waals surface area contributed by atoms with Gasteiger partial charge in [0.05, 0.1) is 12.7 Å². The van der Waals surface area contributed by atoms with Gasteiger partial charge in [-0.25, -0.2) is 8.42 Å². The first-order valence-electron chi connectivity index (χ1n) is 6.90. The van der Waals surface area contributed by atoms with Crippen LogP contribution >= 0.6 is 0 Å². The normalized spacial score (nSPS) is 12.1. The summed E-state index contributed by atoms with van der Waals surface area (Å²) in [5.41, 5.74) is 0.449. The Bertz CT molecular complexity index is 861. The Kier molecular flexibility index (Phi) is 4.80. The van der Waals surface area contributed by atoms with Crippen LogP contribution in [0.3, 0.4) is 0 Å². The molecule has 8 heteroatoms. The highest BCUT2D eigenvalue weighted by atomic mass is 32.2. The van der Waals surface area contributed by atoms with Crippen molar-refractivity contribution in [1.29, 1.82) is 0 Å². The van der Waals surface area contributed by atoms with Gasteiger partial charge < -0.3 is 4.74 Å². The number of sulfonamides is 1. The van der Waals surface area contributed by atoms with Crippen LogP contribution in [0, 0.1) is 13.8 Å². The average molecular weight is 359 g/mol. The zero-order chi connectivity index (χ0) is 18.1. The predicted molar refractivity (Wildman–Crippen MR) is 84.7 cm³/mol. The van der Waals surface area contributed by atoms with Crippen molar-refractivity contribution in [1.82, 2.24) is 0 Å². The van der Waals surface area contributed by atoms with E-state index in [-0.39, 0.29) is 16.3 Å². The predicted octanol–water partition coefficient (Wildman–Crippen LogP) is 4.13. The van der Waals surface area contributed by atoms with Crippen molar-refractivity contribution in [3.05, 3.63) is 53.1 Å². The molecule has 2 rings (SSSR count). The molecular formula is C16H16F3NO3S. The van der Waals surface area contributed by atoms with E-state index in [1.807, 2.05) is 0 Å². The number of rotatable bonds is 4. The van der Waals surface area contributed by atoms with Gasteiger partial charge in [0.2, 0.25) is 0 Å². The van der Waals surface area contributed by atoms with Gasteiger partial charge in [-0.1, -0.05) is 6.07 Å². The molecule has 0 aromatic heterocycles. The first-order chi connectivity index (χ1) is 11.0. The molecule has 130 valence electrons. The fraction of sp³-hybridized carbons (Fsp3) is 0.250. The van der Waals surface area contributed by atoms with E-state index in [0.29, 0.717) is 0 Å². The van der Waals surface area contributed by atoms with Gasteiger partial charge in [0.15, 0.2) is 0 Å². The first-order valence-corrected chi connectivity index (χ1v) is 8.38. The number of hydrogen-bond donors (Lipinski definition) is 1. The molecule has 0 radical (unpaired) electrons. The Morgan fingerprint density at radius 1 is 1.04 bits per heavy atom. The van der Waals surface area contributed by atoms with Crippen molar-refractivity contribution >= 4 is 15.7 Å². The molecule has 2 aromatic rings. The van der Waals surface area contributed by atoms with E-state index in [0.717, 1.165) is 29.3 Å². The third-order valence-corrected chi connectivity index (χ3v) is 4.91. The minimum absolute atomic E-state index is 0.123. The zero-order valence-electron chi connectivity index (χ0n) is 13.2. The van der Waals surface area contributed by atoms with Crippen LogP contribution in [0.2, 0.25) is 0 Å². The molecule has 0 aliphatic rings. The van der Waals surface area contributed by atoms with Crippen molar-refractivity contribution in [2.24, 2.45) is 0 Å². The number of hydrogen-bond acceptors (Lipinski definition) is 3. The molecule has 4 nitrogen and oxygen atoms in total. The maximum Gasteiger partial charge on any atom is 0.416 e. The summed E-state index contributed by atoms with van der Waals surface area (Å²) in [6.45, 7) is 3.53. The molecule has 0 amide bonds.